The van der Waals surface area contributed by atoms with Crippen LogP contribution >= 0.6 is 0 Å². The van der Waals surface area contributed by atoms with E-state index >= 15 is 0 Å². The number of carbonyl (C=O) groups is 1. The van der Waals surface area contributed by atoms with Crippen LogP contribution in [0.1, 0.15) is 39.0 Å². The number of aliphatic carboxylic acids is 1. The molecule has 0 saturated heterocycles. The first-order chi connectivity index (χ1) is 6.24. The molecule has 2 N–H and O–H groups in total. The molecule has 0 aliphatic heterocycles. The summed E-state index contributed by atoms with van der Waals surface area (Å²) in [5.41, 5.74) is 0.340. The number of carboxylic acids is 1. The zero-order valence-corrected chi connectivity index (χ0v) is 8.05. The van der Waals surface area contributed by atoms with Crippen molar-refractivity contribution < 1.29 is 9.90 Å². The fourth-order valence-electron chi connectivity index (χ4n) is 1.74. The van der Waals surface area contributed by atoms with E-state index in [1.54, 1.807) is 13.0 Å². The van der Waals surface area contributed by atoms with Gasteiger partial charge in [-0.2, -0.15) is 0 Å². The molecule has 0 heterocycles. The maximum absolute atomic E-state index is 10.7. The van der Waals surface area contributed by atoms with Crippen LogP contribution in [0.25, 0.3) is 0 Å². The molecule has 1 aliphatic rings. The molecule has 3 nitrogen and oxygen atoms in total. The standard InChI is InChI=1S/C10H17NO2/c1-2-9(10(12)13)11-8-6-4-3-5-7-8/h2,8,11H,3-7H2,1H3,(H,12,13). The monoisotopic (exact) mass is 183 g/mol. The number of rotatable bonds is 3. The Morgan fingerprint density at radius 2 is 2.00 bits per heavy atom. The van der Waals surface area contributed by atoms with E-state index in [0.29, 0.717) is 11.7 Å². The smallest absolute Gasteiger partial charge is 0.351 e. The Morgan fingerprint density at radius 3 is 2.46 bits per heavy atom. The third-order valence-electron chi connectivity index (χ3n) is 2.48. The quantitative estimate of drug-likeness (QED) is 0.657. The van der Waals surface area contributed by atoms with Crippen molar-refractivity contribution in [1.29, 1.82) is 0 Å². The van der Waals surface area contributed by atoms with E-state index in [1.807, 2.05) is 0 Å². The molecule has 0 aromatic rings. The third kappa shape index (κ3) is 3.09. The van der Waals surface area contributed by atoms with Crippen LogP contribution in [0.15, 0.2) is 11.8 Å². The van der Waals surface area contributed by atoms with Gasteiger partial charge in [0.05, 0.1) is 0 Å². The second-order valence-electron chi connectivity index (χ2n) is 3.49. The summed E-state index contributed by atoms with van der Waals surface area (Å²) >= 11 is 0. The molecule has 3 heteroatoms. The summed E-state index contributed by atoms with van der Waals surface area (Å²) in [7, 11) is 0. The van der Waals surface area contributed by atoms with E-state index < -0.39 is 5.97 Å². The third-order valence-corrected chi connectivity index (χ3v) is 2.48. The zero-order chi connectivity index (χ0) is 9.68. The van der Waals surface area contributed by atoms with Crippen LogP contribution in [0.2, 0.25) is 0 Å². The number of hydrogen-bond acceptors (Lipinski definition) is 2. The fraction of sp³-hybridized carbons (Fsp3) is 0.700. The summed E-state index contributed by atoms with van der Waals surface area (Å²) < 4.78 is 0. The lowest BCUT2D eigenvalue weighted by Crippen LogP contribution is -2.33. The second-order valence-corrected chi connectivity index (χ2v) is 3.49. The van der Waals surface area contributed by atoms with Crippen molar-refractivity contribution >= 4 is 5.97 Å². The van der Waals surface area contributed by atoms with Crippen molar-refractivity contribution in [3.63, 3.8) is 0 Å². The number of carboxylic acid groups (broad SMARTS) is 1. The normalized spacial score (nSPS) is 19.9. The lowest BCUT2D eigenvalue weighted by Gasteiger charge is -2.23. The Balaban J connectivity index is 2.41. The molecule has 74 valence electrons. The molecule has 0 bridgehead atoms. The molecule has 1 rings (SSSR count). The fourth-order valence-corrected chi connectivity index (χ4v) is 1.74. The highest BCUT2D eigenvalue weighted by Gasteiger charge is 2.16. The van der Waals surface area contributed by atoms with Gasteiger partial charge in [0.25, 0.3) is 0 Å². The summed E-state index contributed by atoms with van der Waals surface area (Å²) in [6.07, 6.45) is 7.55. The van der Waals surface area contributed by atoms with E-state index in [2.05, 4.69) is 5.32 Å². The summed E-state index contributed by atoms with van der Waals surface area (Å²) in [4.78, 5) is 10.7. The van der Waals surface area contributed by atoms with E-state index in [1.165, 1.54) is 19.3 Å². The molecule has 0 spiro atoms. The van der Waals surface area contributed by atoms with Gasteiger partial charge in [-0.15, -0.1) is 0 Å². The molecule has 0 atom stereocenters. The molecule has 0 aromatic heterocycles. The summed E-state index contributed by atoms with van der Waals surface area (Å²) in [5.74, 6) is -0.854. The molecule has 1 saturated carbocycles. The minimum Gasteiger partial charge on any atom is -0.477 e. The van der Waals surface area contributed by atoms with Gasteiger partial charge in [-0.05, 0) is 19.8 Å². The van der Waals surface area contributed by atoms with Crippen LogP contribution in [0.4, 0.5) is 0 Å². The topological polar surface area (TPSA) is 49.3 Å². The minimum atomic E-state index is -0.854. The number of nitrogens with one attached hydrogen (secondary N) is 1. The van der Waals surface area contributed by atoms with Gasteiger partial charge in [-0.1, -0.05) is 25.3 Å². The van der Waals surface area contributed by atoms with Gasteiger partial charge < -0.3 is 10.4 Å². The van der Waals surface area contributed by atoms with Crippen molar-refractivity contribution in [1.82, 2.24) is 5.32 Å². The van der Waals surface area contributed by atoms with Gasteiger partial charge in [-0.3, -0.25) is 0 Å². The highest BCUT2D eigenvalue weighted by atomic mass is 16.4. The molecule has 1 aliphatic carbocycles. The number of hydrogen-bond donors (Lipinski definition) is 2. The van der Waals surface area contributed by atoms with Gasteiger partial charge in [0.1, 0.15) is 5.70 Å². The van der Waals surface area contributed by atoms with Crippen LogP contribution in [0.5, 0.6) is 0 Å². The van der Waals surface area contributed by atoms with Gasteiger partial charge in [0, 0.05) is 6.04 Å². The lowest BCUT2D eigenvalue weighted by molar-refractivity contribution is -0.133. The van der Waals surface area contributed by atoms with Crippen molar-refractivity contribution in [3.8, 4) is 0 Å². The Hall–Kier alpha value is -0.990. The van der Waals surface area contributed by atoms with Crippen molar-refractivity contribution in [2.45, 2.75) is 45.1 Å². The molecular weight excluding hydrogens is 166 g/mol. The molecule has 0 unspecified atom stereocenters. The lowest BCUT2D eigenvalue weighted by atomic mass is 9.95. The first kappa shape index (κ1) is 10.1. The zero-order valence-electron chi connectivity index (χ0n) is 8.05. The van der Waals surface area contributed by atoms with Gasteiger partial charge in [0.2, 0.25) is 0 Å². The maximum Gasteiger partial charge on any atom is 0.351 e. The number of allylic oxidation sites excluding steroid dienone is 1. The average Bonchev–Trinajstić information content (AvgIpc) is 2.15. The molecular formula is C10H17NO2. The average molecular weight is 183 g/mol. The van der Waals surface area contributed by atoms with Crippen LogP contribution in [0, 0.1) is 0 Å². The first-order valence-corrected chi connectivity index (χ1v) is 4.90. The second kappa shape index (κ2) is 4.90. The van der Waals surface area contributed by atoms with Crippen molar-refractivity contribution in [2.75, 3.05) is 0 Å². The largest absolute Gasteiger partial charge is 0.477 e. The van der Waals surface area contributed by atoms with Crippen LogP contribution in [-0.4, -0.2) is 17.1 Å². The van der Waals surface area contributed by atoms with Crippen molar-refractivity contribution in [3.05, 3.63) is 11.8 Å². The summed E-state index contributed by atoms with van der Waals surface area (Å²) in [5, 5.41) is 11.8. The van der Waals surface area contributed by atoms with Crippen molar-refractivity contribution in [2.24, 2.45) is 0 Å². The molecule has 1 fully saturated rings. The molecule has 0 amide bonds. The Morgan fingerprint density at radius 1 is 1.38 bits per heavy atom. The summed E-state index contributed by atoms with van der Waals surface area (Å²) in [6.45, 7) is 1.75. The Labute approximate surface area is 78.8 Å². The van der Waals surface area contributed by atoms with Gasteiger partial charge in [-0.25, -0.2) is 4.79 Å². The van der Waals surface area contributed by atoms with E-state index in [0.717, 1.165) is 12.8 Å². The highest BCUT2D eigenvalue weighted by molar-refractivity contribution is 5.85. The minimum absolute atomic E-state index is 0.340. The maximum atomic E-state index is 10.7. The van der Waals surface area contributed by atoms with E-state index in [-0.39, 0.29) is 0 Å². The van der Waals surface area contributed by atoms with Crippen LogP contribution < -0.4 is 5.32 Å². The SMILES string of the molecule is CC=C(NC1CCCCC1)C(=O)O. The highest BCUT2D eigenvalue weighted by Crippen LogP contribution is 2.18. The predicted octanol–water partition coefficient (Wildman–Crippen LogP) is 1.90. The molecule has 0 radical (unpaired) electrons. The van der Waals surface area contributed by atoms with E-state index in [4.69, 9.17) is 5.11 Å². The summed E-state index contributed by atoms with van der Waals surface area (Å²) in [6, 6.07) is 0.371. The van der Waals surface area contributed by atoms with Gasteiger partial charge in [0.15, 0.2) is 0 Å². The van der Waals surface area contributed by atoms with E-state index in [9.17, 15) is 4.79 Å². The molecule has 13 heavy (non-hydrogen) atoms. The predicted molar refractivity (Wildman–Crippen MR) is 51.4 cm³/mol. The van der Waals surface area contributed by atoms with Crippen LogP contribution in [-0.2, 0) is 4.79 Å². The molecule has 0 aromatic carbocycles. The van der Waals surface area contributed by atoms with Gasteiger partial charge >= 0.3 is 5.97 Å². The Bertz CT molecular complexity index is 205. The van der Waals surface area contributed by atoms with Crippen LogP contribution in [0.3, 0.4) is 0 Å². The Kier molecular flexibility index (Phi) is 3.80. The first-order valence-electron chi connectivity index (χ1n) is 4.90.